The molecule has 3 rings (SSSR count). The molecule has 2 aliphatic rings. The van der Waals surface area contributed by atoms with E-state index in [0.717, 1.165) is 37.2 Å². The van der Waals surface area contributed by atoms with Crippen LogP contribution in [0.5, 0.6) is 5.75 Å². The normalized spacial score (nSPS) is 30.8. The van der Waals surface area contributed by atoms with Crippen molar-refractivity contribution < 1.29 is 9.66 Å². The van der Waals surface area contributed by atoms with Crippen molar-refractivity contribution in [3.05, 3.63) is 39.9 Å². The van der Waals surface area contributed by atoms with Crippen molar-refractivity contribution in [2.45, 2.75) is 44.7 Å². The fraction of sp³-hybridized carbons (Fsp3) is 0.647. The second-order valence-corrected chi connectivity index (χ2v) is 7.20. The first-order chi connectivity index (χ1) is 10.4. The van der Waals surface area contributed by atoms with Crippen LogP contribution in [0.25, 0.3) is 0 Å². The van der Waals surface area contributed by atoms with Crippen LogP contribution in [-0.4, -0.2) is 42.1 Å². The lowest BCUT2D eigenvalue weighted by Crippen LogP contribution is -2.58. The van der Waals surface area contributed by atoms with E-state index < -0.39 is 6.04 Å². The molecule has 0 unspecified atom stereocenters. The Bertz CT molecular complexity index is 556. The molecule has 2 fully saturated rings. The summed E-state index contributed by atoms with van der Waals surface area (Å²) in [7, 11) is 1.63. The maximum atomic E-state index is 11.8. The van der Waals surface area contributed by atoms with Gasteiger partial charge < -0.3 is 4.74 Å². The summed E-state index contributed by atoms with van der Waals surface area (Å²) >= 11 is 0. The summed E-state index contributed by atoms with van der Waals surface area (Å²) in [6.45, 7) is 6.24. The van der Waals surface area contributed by atoms with Crippen LogP contribution in [0.3, 0.4) is 0 Å². The highest BCUT2D eigenvalue weighted by Crippen LogP contribution is 2.48. The van der Waals surface area contributed by atoms with E-state index in [9.17, 15) is 10.1 Å². The van der Waals surface area contributed by atoms with E-state index in [1.54, 1.807) is 7.11 Å². The Labute approximate surface area is 131 Å². The largest absolute Gasteiger partial charge is 0.497 e. The maximum Gasteiger partial charge on any atom is 0.235 e. The number of nitro groups is 1. The minimum Gasteiger partial charge on any atom is -0.497 e. The Morgan fingerprint density at radius 1 is 1.32 bits per heavy atom. The molecule has 2 heterocycles. The second kappa shape index (κ2) is 5.54. The van der Waals surface area contributed by atoms with Crippen LogP contribution < -0.4 is 4.74 Å². The van der Waals surface area contributed by atoms with E-state index in [1.807, 2.05) is 24.3 Å². The number of hydrogen-bond donors (Lipinski definition) is 0. The first kappa shape index (κ1) is 15.3. The van der Waals surface area contributed by atoms with E-state index in [2.05, 4.69) is 18.7 Å². The summed E-state index contributed by atoms with van der Waals surface area (Å²) in [5, 5.41) is 11.8. The molecule has 5 heteroatoms. The highest BCUT2D eigenvalue weighted by atomic mass is 16.6. The second-order valence-electron chi connectivity index (χ2n) is 7.20. The topological polar surface area (TPSA) is 55.6 Å². The third kappa shape index (κ3) is 2.47. The van der Waals surface area contributed by atoms with Gasteiger partial charge in [-0.3, -0.25) is 15.0 Å². The quantitative estimate of drug-likeness (QED) is 0.636. The van der Waals surface area contributed by atoms with Gasteiger partial charge in [0.2, 0.25) is 6.04 Å². The molecule has 0 amide bonds. The van der Waals surface area contributed by atoms with E-state index in [4.69, 9.17) is 4.74 Å². The molecule has 0 bridgehead atoms. The Balaban J connectivity index is 2.01. The Morgan fingerprint density at radius 2 is 2.00 bits per heavy atom. The van der Waals surface area contributed by atoms with Gasteiger partial charge in [0.1, 0.15) is 5.75 Å². The number of fused-ring (bicyclic) bond motifs is 1. The number of rotatable bonds is 3. The van der Waals surface area contributed by atoms with Crippen LogP contribution in [0.4, 0.5) is 0 Å². The standard InChI is InChI=1S/C17H24N2O3/c1-17(2)11-18-10-4-5-14(18)16(19(20)21)15(17)12-6-8-13(22-3)9-7-12/h6-9,14-16H,4-5,10-11H2,1-3H3/t14-,15+,16-/m0/s1. The molecule has 0 aromatic heterocycles. The van der Waals surface area contributed by atoms with Gasteiger partial charge in [0.05, 0.1) is 19.1 Å². The molecule has 5 nitrogen and oxygen atoms in total. The first-order valence-corrected chi connectivity index (χ1v) is 7.95. The molecule has 0 N–H and O–H groups in total. The van der Waals surface area contributed by atoms with Gasteiger partial charge in [0.25, 0.3) is 0 Å². The Kier molecular flexibility index (Phi) is 3.85. The average molecular weight is 304 g/mol. The number of benzene rings is 1. The SMILES string of the molecule is COc1ccc([C@@H]2[C@@H]([N+](=O)[O-])[C@@H]3CCCN3CC2(C)C)cc1. The van der Waals surface area contributed by atoms with E-state index in [-0.39, 0.29) is 22.3 Å². The monoisotopic (exact) mass is 304 g/mol. The first-order valence-electron chi connectivity index (χ1n) is 7.95. The highest BCUT2D eigenvalue weighted by Gasteiger charge is 2.55. The third-order valence-electron chi connectivity index (χ3n) is 5.32. The number of methoxy groups -OCH3 is 1. The van der Waals surface area contributed by atoms with Crippen LogP contribution in [0.2, 0.25) is 0 Å². The van der Waals surface area contributed by atoms with Crippen LogP contribution >= 0.6 is 0 Å². The van der Waals surface area contributed by atoms with Gasteiger partial charge >= 0.3 is 0 Å². The fourth-order valence-corrected chi connectivity index (χ4v) is 4.46. The van der Waals surface area contributed by atoms with Gasteiger partial charge in [-0.05, 0) is 42.5 Å². The molecular weight excluding hydrogens is 280 g/mol. The highest BCUT2D eigenvalue weighted by molar-refractivity contribution is 5.32. The van der Waals surface area contributed by atoms with Gasteiger partial charge in [-0.25, -0.2) is 0 Å². The number of piperidine rings is 1. The van der Waals surface area contributed by atoms with Crippen LogP contribution in [-0.2, 0) is 0 Å². The summed E-state index contributed by atoms with van der Waals surface area (Å²) in [6, 6.07) is 7.35. The minimum atomic E-state index is -0.528. The van der Waals surface area contributed by atoms with Gasteiger partial charge in [-0.15, -0.1) is 0 Å². The van der Waals surface area contributed by atoms with Crippen LogP contribution in [0.1, 0.15) is 38.2 Å². The lowest BCUT2D eigenvalue weighted by atomic mass is 9.66. The number of hydrogen-bond acceptors (Lipinski definition) is 4. The van der Waals surface area contributed by atoms with E-state index in [1.165, 1.54) is 0 Å². The molecule has 2 saturated heterocycles. The summed E-state index contributed by atoms with van der Waals surface area (Å²) in [5.74, 6) is 0.727. The molecule has 0 aliphatic carbocycles. The van der Waals surface area contributed by atoms with Crippen molar-refractivity contribution in [3.63, 3.8) is 0 Å². The van der Waals surface area contributed by atoms with Crippen molar-refractivity contribution in [3.8, 4) is 5.75 Å². The summed E-state index contributed by atoms with van der Waals surface area (Å²) in [4.78, 5) is 14.1. The summed E-state index contributed by atoms with van der Waals surface area (Å²) in [6.07, 6.45) is 2.01. The Morgan fingerprint density at radius 3 is 2.59 bits per heavy atom. The zero-order chi connectivity index (χ0) is 15.9. The smallest absolute Gasteiger partial charge is 0.235 e. The molecule has 120 valence electrons. The van der Waals surface area contributed by atoms with E-state index >= 15 is 0 Å². The lowest BCUT2D eigenvalue weighted by Gasteiger charge is -2.47. The molecular formula is C17H24N2O3. The van der Waals surface area contributed by atoms with Crippen molar-refractivity contribution >= 4 is 0 Å². The van der Waals surface area contributed by atoms with Crippen molar-refractivity contribution in [1.82, 2.24) is 4.90 Å². The zero-order valence-corrected chi connectivity index (χ0v) is 13.5. The van der Waals surface area contributed by atoms with Gasteiger partial charge in [-0.1, -0.05) is 26.0 Å². The fourth-order valence-electron chi connectivity index (χ4n) is 4.46. The molecule has 1 aromatic carbocycles. The molecule has 0 spiro atoms. The Hall–Kier alpha value is -1.62. The zero-order valence-electron chi connectivity index (χ0n) is 13.5. The van der Waals surface area contributed by atoms with Crippen molar-refractivity contribution in [2.24, 2.45) is 5.41 Å². The average Bonchev–Trinajstić information content (AvgIpc) is 2.92. The summed E-state index contributed by atoms with van der Waals surface area (Å²) in [5.41, 5.74) is 0.937. The number of ether oxygens (including phenoxy) is 1. The molecule has 2 aliphatic heterocycles. The number of nitrogens with zero attached hydrogens (tertiary/aromatic N) is 2. The molecule has 0 saturated carbocycles. The van der Waals surface area contributed by atoms with E-state index in [0.29, 0.717) is 0 Å². The summed E-state index contributed by atoms with van der Waals surface area (Å²) < 4.78 is 5.21. The molecule has 1 aromatic rings. The molecule has 0 radical (unpaired) electrons. The maximum absolute atomic E-state index is 11.8. The predicted molar refractivity (Wildman–Crippen MR) is 84.9 cm³/mol. The van der Waals surface area contributed by atoms with Gasteiger partial charge in [-0.2, -0.15) is 0 Å². The molecule has 3 atom stereocenters. The predicted octanol–water partition coefficient (Wildman–Crippen LogP) is 2.93. The molecule has 22 heavy (non-hydrogen) atoms. The van der Waals surface area contributed by atoms with Crippen molar-refractivity contribution in [1.29, 1.82) is 0 Å². The van der Waals surface area contributed by atoms with Gasteiger partial charge in [0, 0.05) is 11.5 Å². The lowest BCUT2D eigenvalue weighted by molar-refractivity contribution is -0.541. The van der Waals surface area contributed by atoms with Crippen LogP contribution in [0, 0.1) is 15.5 Å². The van der Waals surface area contributed by atoms with Crippen molar-refractivity contribution in [2.75, 3.05) is 20.2 Å². The van der Waals surface area contributed by atoms with Crippen LogP contribution in [0.15, 0.2) is 24.3 Å². The third-order valence-corrected chi connectivity index (χ3v) is 5.32. The van der Waals surface area contributed by atoms with Gasteiger partial charge in [0.15, 0.2) is 0 Å². The minimum absolute atomic E-state index is 0.0429.